The van der Waals surface area contributed by atoms with Crippen molar-refractivity contribution in [2.45, 2.75) is 25.5 Å². The first-order valence-electron chi connectivity index (χ1n) is 9.45. The highest BCUT2D eigenvalue weighted by Crippen LogP contribution is 2.43. The van der Waals surface area contributed by atoms with Crippen molar-refractivity contribution in [3.8, 4) is 5.75 Å². The standard InChI is InChI=1S/C23H21NO4S/c1-2-28-17-11-9-16(10-12-17)21(25)14-23(27)19-7-3-4-8-20(19)24(22(23)26)15-18-6-5-13-29-18/h3-13,27H,2,14-15H2,1H3/t23-/m0/s1. The monoisotopic (exact) mass is 407 g/mol. The van der Waals surface area contributed by atoms with E-state index in [4.69, 9.17) is 4.74 Å². The molecule has 1 N–H and O–H groups in total. The van der Waals surface area contributed by atoms with E-state index in [0.29, 0.717) is 35.7 Å². The summed E-state index contributed by atoms with van der Waals surface area (Å²) in [6, 6.07) is 17.7. The average Bonchev–Trinajstić information content (AvgIpc) is 3.31. The van der Waals surface area contributed by atoms with Crippen molar-refractivity contribution >= 4 is 28.7 Å². The zero-order valence-corrected chi connectivity index (χ0v) is 16.8. The van der Waals surface area contributed by atoms with Crippen molar-refractivity contribution in [2.75, 3.05) is 11.5 Å². The number of Topliss-reactive ketones (excluding diaryl/α,β-unsaturated/α-hetero) is 1. The number of rotatable bonds is 7. The van der Waals surface area contributed by atoms with E-state index in [-0.39, 0.29) is 12.2 Å². The molecule has 2 aromatic carbocycles. The first kappa shape index (κ1) is 19.4. The lowest BCUT2D eigenvalue weighted by Crippen LogP contribution is -2.41. The van der Waals surface area contributed by atoms with Gasteiger partial charge >= 0.3 is 0 Å². The second kappa shape index (κ2) is 7.81. The highest BCUT2D eigenvalue weighted by molar-refractivity contribution is 7.09. The van der Waals surface area contributed by atoms with Gasteiger partial charge in [-0.2, -0.15) is 0 Å². The third-order valence-electron chi connectivity index (χ3n) is 5.04. The molecule has 0 unspecified atom stereocenters. The summed E-state index contributed by atoms with van der Waals surface area (Å²) in [6.45, 7) is 2.80. The van der Waals surface area contributed by atoms with Crippen molar-refractivity contribution < 1.29 is 19.4 Å². The number of ether oxygens (including phenoxy) is 1. The van der Waals surface area contributed by atoms with Gasteiger partial charge in [0, 0.05) is 16.0 Å². The van der Waals surface area contributed by atoms with Gasteiger partial charge < -0.3 is 14.7 Å². The van der Waals surface area contributed by atoms with Crippen molar-refractivity contribution in [3.05, 3.63) is 82.0 Å². The summed E-state index contributed by atoms with van der Waals surface area (Å²) in [5, 5.41) is 13.3. The maximum atomic E-state index is 13.2. The fraction of sp³-hybridized carbons (Fsp3) is 0.217. The molecule has 29 heavy (non-hydrogen) atoms. The minimum atomic E-state index is -1.87. The molecule has 5 nitrogen and oxygen atoms in total. The Morgan fingerprint density at radius 1 is 1.10 bits per heavy atom. The summed E-state index contributed by atoms with van der Waals surface area (Å²) >= 11 is 1.55. The van der Waals surface area contributed by atoms with Gasteiger partial charge in [0.25, 0.3) is 5.91 Å². The largest absolute Gasteiger partial charge is 0.494 e. The molecule has 1 aromatic heterocycles. The Bertz CT molecular complexity index is 1030. The molecule has 1 atom stereocenters. The maximum Gasteiger partial charge on any atom is 0.264 e. The van der Waals surface area contributed by atoms with Crippen LogP contribution in [0.15, 0.2) is 66.0 Å². The Morgan fingerprint density at radius 3 is 2.55 bits per heavy atom. The van der Waals surface area contributed by atoms with Crippen molar-refractivity contribution in [3.63, 3.8) is 0 Å². The van der Waals surface area contributed by atoms with Gasteiger partial charge in [-0.25, -0.2) is 0 Å². The van der Waals surface area contributed by atoms with Gasteiger partial charge in [-0.05, 0) is 48.7 Å². The number of aliphatic hydroxyl groups is 1. The minimum Gasteiger partial charge on any atom is -0.494 e. The van der Waals surface area contributed by atoms with Crippen LogP contribution in [-0.2, 0) is 16.9 Å². The van der Waals surface area contributed by atoms with E-state index in [9.17, 15) is 14.7 Å². The van der Waals surface area contributed by atoms with Crippen LogP contribution >= 0.6 is 11.3 Å². The van der Waals surface area contributed by atoms with E-state index in [1.54, 1.807) is 58.7 Å². The molecule has 1 aliphatic rings. The highest BCUT2D eigenvalue weighted by atomic mass is 32.1. The fourth-order valence-corrected chi connectivity index (χ4v) is 4.32. The molecular formula is C23H21NO4S. The number of ketones is 1. The van der Waals surface area contributed by atoms with E-state index in [1.165, 1.54) is 0 Å². The van der Waals surface area contributed by atoms with Crippen molar-refractivity contribution in [1.29, 1.82) is 0 Å². The summed E-state index contributed by atoms with van der Waals surface area (Å²) in [6.07, 6.45) is -0.308. The Kier molecular flexibility index (Phi) is 5.22. The summed E-state index contributed by atoms with van der Waals surface area (Å²) in [4.78, 5) is 28.7. The number of para-hydroxylation sites is 1. The smallest absolute Gasteiger partial charge is 0.264 e. The molecular weight excluding hydrogens is 386 g/mol. The summed E-state index contributed by atoms with van der Waals surface area (Å²) in [5.74, 6) is -0.0877. The zero-order valence-electron chi connectivity index (χ0n) is 16.0. The van der Waals surface area contributed by atoms with Crippen molar-refractivity contribution in [1.82, 2.24) is 0 Å². The van der Waals surface area contributed by atoms with Gasteiger partial charge in [-0.1, -0.05) is 24.3 Å². The van der Waals surface area contributed by atoms with Gasteiger partial charge in [0.2, 0.25) is 0 Å². The van der Waals surface area contributed by atoms with Crippen LogP contribution in [0.5, 0.6) is 5.75 Å². The third kappa shape index (κ3) is 3.57. The van der Waals surface area contributed by atoms with Gasteiger partial charge in [0.1, 0.15) is 5.75 Å². The van der Waals surface area contributed by atoms with Gasteiger partial charge in [-0.3, -0.25) is 9.59 Å². The van der Waals surface area contributed by atoms with Gasteiger partial charge in [-0.15, -0.1) is 11.3 Å². The first-order valence-corrected chi connectivity index (χ1v) is 10.3. The number of fused-ring (bicyclic) bond motifs is 1. The zero-order chi connectivity index (χ0) is 20.4. The number of nitrogens with zero attached hydrogens (tertiary/aromatic N) is 1. The summed E-state index contributed by atoms with van der Waals surface area (Å²) in [7, 11) is 0. The topological polar surface area (TPSA) is 66.8 Å². The second-order valence-electron chi connectivity index (χ2n) is 6.91. The first-order chi connectivity index (χ1) is 14.0. The lowest BCUT2D eigenvalue weighted by atomic mass is 9.88. The van der Waals surface area contributed by atoms with Gasteiger partial charge in [0.15, 0.2) is 11.4 Å². The molecule has 1 aliphatic heterocycles. The summed E-state index contributed by atoms with van der Waals surface area (Å²) < 4.78 is 5.40. The molecule has 1 amide bonds. The molecule has 0 saturated carbocycles. The van der Waals surface area contributed by atoms with E-state index >= 15 is 0 Å². The number of benzene rings is 2. The Labute approximate surface area is 173 Å². The van der Waals surface area contributed by atoms with Crippen LogP contribution in [0, 0.1) is 0 Å². The fourth-order valence-electron chi connectivity index (χ4n) is 3.63. The molecule has 148 valence electrons. The van der Waals surface area contributed by atoms with Crippen LogP contribution < -0.4 is 9.64 Å². The number of hydrogen-bond donors (Lipinski definition) is 1. The van der Waals surface area contributed by atoms with Crippen molar-refractivity contribution in [2.24, 2.45) is 0 Å². The second-order valence-corrected chi connectivity index (χ2v) is 7.94. The third-order valence-corrected chi connectivity index (χ3v) is 5.90. The number of hydrogen-bond acceptors (Lipinski definition) is 5. The Balaban J connectivity index is 1.62. The van der Waals surface area contributed by atoms with Crippen LogP contribution in [-0.4, -0.2) is 23.4 Å². The normalized spacial score (nSPS) is 18.0. The molecule has 3 aromatic rings. The number of carbonyl (C=O) groups excluding carboxylic acids is 2. The predicted octanol–water partition coefficient (Wildman–Crippen LogP) is 4.15. The summed E-state index contributed by atoms with van der Waals surface area (Å²) in [5.41, 5.74) is -0.318. The Morgan fingerprint density at radius 2 is 1.86 bits per heavy atom. The average molecular weight is 407 g/mol. The quantitative estimate of drug-likeness (QED) is 0.598. The highest BCUT2D eigenvalue weighted by Gasteiger charge is 2.50. The number of thiophene rings is 1. The Hall–Kier alpha value is -2.96. The molecule has 0 saturated heterocycles. The van der Waals surface area contributed by atoms with E-state index in [1.807, 2.05) is 30.5 Å². The van der Waals surface area contributed by atoms with Crippen LogP contribution in [0.3, 0.4) is 0 Å². The van der Waals surface area contributed by atoms with E-state index in [2.05, 4.69) is 0 Å². The molecule has 2 heterocycles. The molecule has 0 aliphatic carbocycles. The molecule has 6 heteroatoms. The SMILES string of the molecule is CCOc1ccc(C(=O)C[C@@]2(O)C(=O)N(Cc3cccs3)c3ccccc32)cc1. The maximum absolute atomic E-state index is 13.2. The molecule has 0 fully saturated rings. The van der Waals surface area contributed by atoms with E-state index < -0.39 is 11.5 Å². The number of amides is 1. The van der Waals surface area contributed by atoms with Crippen LogP contribution in [0.1, 0.15) is 34.1 Å². The molecule has 0 spiro atoms. The lowest BCUT2D eigenvalue weighted by molar-refractivity contribution is -0.136. The minimum absolute atomic E-state index is 0.295. The molecule has 0 radical (unpaired) electrons. The van der Waals surface area contributed by atoms with Crippen LogP contribution in [0.4, 0.5) is 5.69 Å². The predicted molar refractivity (Wildman–Crippen MR) is 112 cm³/mol. The molecule has 0 bridgehead atoms. The van der Waals surface area contributed by atoms with Gasteiger partial charge in [0.05, 0.1) is 25.3 Å². The lowest BCUT2D eigenvalue weighted by Gasteiger charge is -2.22. The molecule has 4 rings (SSSR count). The number of anilines is 1. The number of carbonyl (C=O) groups is 2. The van der Waals surface area contributed by atoms with Crippen LogP contribution in [0.2, 0.25) is 0 Å². The van der Waals surface area contributed by atoms with Crippen LogP contribution in [0.25, 0.3) is 0 Å². The van der Waals surface area contributed by atoms with E-state index in [0.717, 1.165) is 4.88 Å².